The molecule has 0 bridgehead atoms. The molecule has 5 aromatic carbocycles. The minimum absolute atomic E-state index is 0.0151. The van der Waals surface area contributed by atoms with Crippen LogP contribution in [-0.4, -0.2) is 113 Å². The Morgan fingerprint density at radius 3 is 1.39 bits per heavy atom. The van der Waals surface area contributed by atoms with Crippen molar-refractivity contribution < 1.29 is 24.0 Å². The molecule has 0 unspecified atom stereocenters. The standard InChI is InChI=1S/C67H78N10O5S2/c1-40(68-4)41(2)70-59(45-20-8-6-9-21-45)66(81)76-36-49(34-57(76)64-73-55(38-83-64)53-28-16-24-43-18-12-14-26-51(43)53)71-62(79)47-30-32-48(33-31-47)63(80)72-50-35-58(65-74-56(39-84-65)54-29-17-25-44-19-13-15-27-52(44)54)77(37-50)67(82)60(46-22-10-7-11-23-46)75-61(78)42(3)69-5/h12-19,24-33,38-40,42,45-46,49-50,57-60,68-70H,2,6-11,20-23,34-37H2,1,3-5H3,(H,71,79)(H,72,80)(H,75,78)/t40-,42-,49-,50-,57-,58-,59-,60-/m0/s1. The fourth-order valence-corrected chi connectivity index (χ4v) is 15.0. The number of aromatic nitrogens is 2. The van der Waals surface area contributed by atoms with Gasteiger partial charge in [-0.2, -0.15) is 0 Å². The van der Waals surface area contributed by atoms with Gasteiger partial charge >= 0.3 is 0 Å². The number of nitrogens with one attached hydrogen (secondary N) is 6. The predicted octanol–water partition coefficient (Wildman–Crippen LogP) is 10.7. The van der Waals surface area contributed by atoms with Gasteiger partial charge in [-0.1, -0.05) is 130 Å². The summed E-state index contributed by atoms with van der Waals surface area (Å²) in [5, 5.41) is 29.7. The van der Waals surface area contributed by atoms with Gasteiger partial charge in [-0.15, -0.1) is 22.7 Å². The first-order valence-corrected chi connectivity index (χ1v) is 31.9. The molecule has 0 radical (unpaired) electrons. The van der Waals surface area contributed by atoms with Gasteiger partial charge in [0.05, 0.1) is 29.5 Å². The maximum atomic E-state index is 15.2. The number of hydrogen-bond donors (Lipinski definition) is 6. The van der Waals surface area contributed by atoms with Gasteiger partial charge in [0, 0.05) is 69.9 Å². The lowest BCUT2D eigenvalue weighted by molar-refractivity contribution is -0.139. The van der Waals surface area contributed by atoms with E-state index in [2.05, 4.69) is 92.4 Å². The van der Waals surface area contributed by atoms with E-state index in [1.54, 1.807) is 49.6 Å². The molecular weight excluding hydrogens is 1090 g/mol. The third-order valence-electron chi connectivity index (χ3n) is 18.2. The molecule has 17 heteroatoms. The van der Waals surface area contributed by atoms with Gasteiger partial charge < -0.3 is 41.7 Å². The molecule has 84 heavy (non-hydrogen) atoms. The zero-order valence-corrected chi connectivity index (χ0v) is 50.2. The molecule has 7 aromatic rings. The van der Waals surface area contributed by atoms with Crippen molar-refractivity contribution in [2.75, 3.05) is 27.2 Å². The minimum atomic E-state index is -0.727. The molecule has 8 atom stereocenters. The Balaban J connectivity index is 0.815. The van der Waals surface area contributed by atoms with E-state index < -0.39 is 30.2 Å². The molecule has 2 aliphatic heterocycles. The van der Waals surface area contributed by atoms with Gasteiger partial charge in [0.25, 0.3) is 11.8 Å². The molecule has 438 valence electrons. The molecule has 4 heterocycles. The van der Waals surface area contributed by atoms with E-state index in [1.807, 2.05) is 65.5 Å². The highest BCUT2D eigenvalue weighted by Gasteiger charge is 2.45. The molecule has 4 fully saturated rings. The van der Waals surface area contributed by atoms with Crippen LogP contribution >= 0.6 is 22.7 Å². The number of hydrogen-bond acceptors (Lipinski definition) is 12. The van der Waals surface area contributed by atoms with E-state index in [1.165, 1.54) is 11.3 Å². The summed E-state index contributed by atoms with van der Waals surface area (Å²) in [6.45, 7) is 8.70. The summed E-state index contributed by atoms with van der Waals surface area (Å²) in [5.74, 6) is -0.935. The first-order valence-electron chi connectivity index (χ1n) is 30.2. The Morgan fingerprint density at radius 2 is 0.952 bits per heavy atom. The van der Waals surface area contributed by atoms with E-state index in [0.29, 0.717) is 30.5 Å². The van der Waals surface area contributed by atoms with Crippen LogP contribution in [0.4, 0.5) is 0 Å². The molecule has 5 amide bonds. The predicted molar refractivity (Wildman–Crippen MR) is 335 cm³/mol. The number of likely N-dealkylation sites (tertiary alicyclic amines) is 2. The number of fused-ring (bicyclic) bond motifs is 2. The highest BCUT2D eigenvalue weighted by atomic mass is 32.1. The third kappa shape index (κ3) is 12.7. The number of nitrogens with zero attached hydrogens (tertiary/aromatic N) is 4. The van der Waals surface area contributed by atoms with Crippen LogP contribution in [0.15, 0.2) is 132 Å². The topological polar surface area (TPSA) is 190 Å². The van der Waals surface area contributed by atoms with E-state index in [-0.39, 0.29) is 66.0 Å². The normalized spacial score (nSPS) is 21.0. The first kappa shape index (κ1) is 58.5. The van der Waals surface area contributed by atoms with E-state index in [4.69, 9.17) is 9.97 Å². The molecular formula is C67H78N10O5S2. The zero-order valence-electron chi connectivity index (χ0n) is 48.6. The van der Waals surface area contributed by atoms with Gasteiger partial charge in [0.15, 0.2) is 0 Å². The Morgan fingerprint density at radius 1 is 0.536 bits per heavy atom. The number of carbonyl (C=O) groups is 5. The van der Waals surface area contributed by atoms with Crippen LogP contribution in [0.25, 0.3) is 44.1 Å². The van der Waals surface area contributed by atoms with E-state index in [9.17, 15) is 14.4 Å². The van der Waals surface area contributed by atoms with Crippen molar-refractivity contribution in [2.45, 2.75) is 139 Å². The van der Waals surface area contributed by atoms with Gasteiger partial charge in [0.1, 0.15) is 22.1 Å². The summed E-state index contributed by atoms with van der Waals surface area (Å²) in [5.41, 5.74) is 5.21. The summed E-state index contributed by atoms with van der Waals surface area (Å²) in [6.07, 6.45) is 10.8. The van der Waals surface area contributed by atoms with Crippen LogP contribution in [-0.2, 0) is 14.4 Å². The van der Waals surface area contributed by atoms with E-state index >= 15 is 9.59 Å². The SMILES string of the molecule is C=C(N[C@H](C(=O)N1C[C@@H](NC(=O)c2ccc(C(=O)N[C@H]3C[C@@H](c4nc(-c5cccc6ccccc56)cs4)N(C(=O)[C@@H](NC(=O)[C@H](C)NC)C4CCCCC4)C3)cc2)C[C@H]1c1nc(-c2cccc3ccccc23)cs1)C1CCCCC1)[C@H](C)NC. The van der Waals surface area contributed by atoms with Crippen LogP contribution in [0.2, 0.25) is 0 Å². The van der Waals surface area contributed by atoms with Crippen molar-refractivity contribution in [1.82, 2.24) is 51.7 Å². The molecule has 4 aliphatic rings. The Hall–Kier alpha value is -7.31. The molecule has 11 rings (SSSR count). The minimum Gasteiger partial charge on any atom is -0.376 e. The quantitative estimate of drug-likeness (QED) is 0.0455. The number of carbonyl (C=O) groups excluding carboxylic acids is 5. The van der Waals surface area contributed by atoms with E-state index in [0.717, 1.165) is 124 Å². The molecule has 0 spiro atoms. The lowest BCUT2D eigenvalue weighted by atomic mass is 9.83. The van der Waals surface area contributed by atoms with Crippen LogP contribution in [0.3, 0.4) is 0 Å². The average Bonchev–Trinajstić information content (AvgIpc) is 3.08. The van der Waals surface area contributed by atoms with Crippen LogP contribution in [0.1, 0.15) is 134 Å². The van der Waals surface area contributed by atoms with Crippen molar-refractivity contribution in [3.8, 4) is 22.5 Å². The zero-order chi connectivity index (χ0) is 58.4. The largest absolute Gasteiger partial charge is 0.376 e. The number of rotatable bonds is 19. The van der Waals surface area contributed by atoms with Gasteiger partial charge in [-0.25, -0.2) is 9.97 Å². The van der Waals surface area contributed by atoms with Gasteiger partial charge in [-0.3, -0.25) is 24.0 Å². The lowest BCUT2D eigenvalue weighted by Gasteiger charge is -2.36. The van der Waals surface area contributed by atoms with Crippen molar-refractivity contribution >= 4 is 73.8 Å². The number of thiazole rings is 2. The second-order valence-electron chi connectivity index (χ2n) is 23.5. The van der Waals surface area contributed by atoms with Gasteiger partial charge in [0.2, 0.25) is 17.7 Å². The number of benzene rings is 5. The second-order valence-corrected chi connectivity index (χ2v) is 25.3. The summed E-state index contributed by atoms with van der Waals surface area (Å²) in [4.78, 5) is 86.7. The lowest BCUT2D eigenvalue weighted by Crippen LogP contribution is -2.56. The van der Waals surface area contributed by atoms with Crippen molar-refractivity contribution in [3.05, 3.63) is 153 Å². The highest BCUT2D eigenvalue weighted by Crippen LogP contribution is 2.42. The molecule has 6 N–H and O–H groups in total. The first-order chi connectivity index (χ1) is 40.8. The summed E-state index contributed by atoms with van der Waals surface area (Å²) < 4.78 is 0. The molecule has 15 nitrogen and oxygen atoms in total. The summed E-state index contributed by atoms with van der Waals surface area (Å²) in [6, 6.07) is 32.1. The number of likely N-dealkylation sites (N-methyl/N-ethyl adjacent to an activating group) is 2. The maximum absolute atomic E-state index is 15.2. The monoisotopic (exact) mass is 1170 g/mol. The maximum Gasteiger partial charge on any atom is 0.251 e. The van der Waals surface area contributed by atoms with Gasteiger partial charge in [-0.05, 0) is 124 Å². The Bertz CT molecular complexity index is 3280. The second kappa shape index (κ2) is 26.3. The smallest absolute Gasteiger partial charge is 0.251 e. The van der Waals surface area contributed by atoms with Crippen LogP contribution in [0.5, 0.6) is 0 Å². The van der Waals surface area contributed by atoms with Crippen molar-refractivity contribution in [2.24, 2.45) is 11.8 Å². The Labute approximate surface area is 500 Å². The van der Waals surface area contributed by atoms with Crippen molar-refractivity contribution in [3.63, 3.8) is 0 Å². The van der Waals surface area contributed by atoms with Crippen LogP contribution < -0.4 is 31.9 Å². The fraction of sp³-hybridized carbons (Fsp3) is 0.418. The van der Waals surface area contributed by atoms with Crippen LogP contribution in [0, 0.1) is 11.8 Å². The van der Waals surface area contributed by atoms with Crippen molar-refractivity contribution in [1.29, 1.82) is 0 Å². The summed E-state index contributed by atoms with van der Waals surface area (Å²) in [7, 11) is 3.62. The Kier molecular flexibility index (Phi) is 18.3. The molecule has 2 saturated carbocycles. The highest BCUT2D eigenvalue weighted by molar-refractivity contribution is 7.10. The summed E-state index contributed by atoms with van der Waals surface area (Å²) >= 11 is 3.04. The third-order valence-corrected chi connectivity index (χ3v) is 20.1. The molecule has 2 aliphatic carbocycles. The average molecular weight is 1170 g/mol. The molecule has 2 aromatic heterocycles. The number of amides is 5. The fourth-order valence-electron chi connectivity index (χ4n) is 13.1. The molecule has 2 saturated heterocycles.